The number of hydrogen-bond acceptors (Lipinski definition) is 6. The number of carbonyl (C=O) groups is 2. The number of aryl methyl sites for hydroxylation is 1. The molecule has 0 spiro atoms. The van der Waals surface area contributed by atoms with E-state index in [1.54, 1.807) is 50.6 Å². The van der Waals surface area contributed by atoms with Crippen molar-refractivity contribution in [1.82, 2.24) is 25.3 Å². The molecule has 162 valence electrons. The number of fused-ring (bicyclic) bond motifs is 1. The molecule has 0 fully saturated rings. The van der Waals surface area contributed by atoms with Crippen molar-refractivity contribution in [1.29, 1.82) is 0 Å². The van der Waals surface area contributed by atoms with Crippen molar-refractivity contribution in [3.63, 3.8) is 0 Å². The lowest BCUT2D eigenvalue weighted by Crippen LogP contribution is -2.37. The van der Waals surface area contributed by atoms with E-state index in [2.05, 4.69) is 20.4 Å². The first kappa shape index (κ1) is 21.1. The van der Waals surface area contributed by atoms with Crippen molar-refractivity contribution in [3.05, 3.63) is 77.5 Å². The van der Waals surface area contributed by atoms with E-state index in [-0.39, 0.29) is 29.5 Å². The van der Waals surface area contributed by atoms with Crippen molar-refractivity contribution in [2.24, 2.45) is 0 Å². The van der Waals surface area contributed by atoms with Gasteiger partial charge in [-0.15, -0.1) is 0 Å². The first-order valence-electron chi connectivity index (χ1n) is 9.86. The highest BCUT2D eigenvalue weighted by Gasteiger charge is 2.20. The lowest BCUT2D eigenvalue weighted by Gasteiger charge is -2.17. The molecule has 32 heavy (non-hydrogen) atoms. The predicted octanol–water partition coefficient (Wildman–Crippen LogP) is 3.12. The molecule has 4 aromatic rings. The van der Waals surface area contributed by atoms with E-state index in [0.29, 0.717) is 28.9 Å². The molecular formula is C23H20FN5O3. The molecule has 3 heterocycles. The van der Waals surface area contributed by atoms with Gasteiger partial charge >= 0.3 is 0 Å². The Kier molecular flexibility index (Phi) is 5.89. The van der Waals surface area contributed by atoms with Crippen LogP contribution in [0.25, 0.3) is 22.4 Å². The van der Waals surface area contributed by atoms with Gasteiger partial charge in [-0.2, -0.15) is 0 Å². The summed E-state index contributed by atoms with van der Waals surface area (Å²) >= 11 is 0. The first-order chi connectivity index (χ1) is 15.4. The number of carbonyl (C=O) groups excluding carboxylic acids is 2. The topological polar surface area (TPSA) is 101 Å². The van der Waals surface area contributed by atoms with Crippen LogP contribution in [0.15, 0.2) is 59.4 Å². The second-order valence-corrected chi connectivity index (χ2v) is 7.30. The Morgan fingerprint density at radius 1 is 1.19 bits per heavy atom. The van der Waals surface area contributed by atoms with Crippen molar-refractivity contribution >= 4 is 22.9 Å². The molecule has 0 aliphatic rings. The fourth-order valence-corrected chi connectivity index (χ4v) is 3.28. The molecule has 0 bridgehead atoms. The van der Waals surface area contributed by atoms with Gasteiger partial charge in [0.1, 0.15) is 5.82 Å². The van der Waals surface area contributed by atoms with Crippen LogP contribution < -0.4 is 5.32 Å². The highest BCUT2D eigenvalue weighted by molar-refractivity contribution is 6.07. The number of nitrogens with one attached hydrogen (secondary N) is 1. The normalized spacial score (nSPS) is 10.8. The zero-order valence-electron chi connectivity index (χ0n) is 17.5. The van der Waals surface area contributed by atoms with Crippen LogP contribution in [0.5, 0.6) is 0 Å². The minimum absolute atomic E-state index is 0.185. The predicted molar refractivity (Wildman–Crippen MR) is 115 cm³/mol. The number of nitrogens with zero attached hydrogens (tertiary/aromatic N) is 4. The zero-order chi connectivity index (χ0) is 22.7. The molecule has 0 unspecified atom stereocenters. The molecule has 9 heteroatoms. The molecule has 0 saturated heterocycles. The zero-order valence-corrected chi connectivity index (χ0v) is 17.5. The molecule has 0 radical (unpaired) electrons. The molecule has 1 aromatic carbocycles. The molecule has 0 aliphatic heterocycles. The van der Waals surface area contributed by atoms with E-state index in [4.69, 9.17) is 4.52 Å². The third-order valence-electron chi connectivity index (χ3n) is 4.97. The summed E-state index contributed by atoms with van der Waals surface area (Å²) in [5, 5.41) is 7.02. The fourth-order valence-electron chi connectivity index (χ4n) is 3.28. The number of amides is 2. The minimum atomic E-state index is -0.463. The van der Waals surface area contributed by atoms with Gasteiger partial charge in [0, 0.05) is 31.5 Å². The second-order valence-electron chi connectivity index (χ2n) is 7.30. The third-order valence-corrected chi connectivity index (χ3v) is 4.97. The highest BCUT2D eigenvalue weighted by Crippen LogP contribution is 2.27. The fraction of sp³-hybridized carbons (Fsp3) is 0.174. The van der Waals surface area contributed by atoms with Crippen molar-refractivity contribution in [2.75, 3.05) is 13.6 Å². The van der Waals surface area contributed by atoms with Crippen molar-refractivity contribution < 1.29 is 18.5 Å². The van der Waals surface area contributed by atoms with Gasteiger partial charge in [-0.1, -0.05) is 11.2 Å². The molecule has 4 rings (SSSR count). The number of rotatable bonds is 6. The Morgan fingerprint density at radius 2 is 1.97 bits per heavy atom. The van der Waals surface area contributed by atoms with E-state index in [1.165, 1.54) is 17.0 Å². The van der Waals surface area contributed by atoms with Gasteiger partial charge in [0.05, 0.1) is 28.9 Å². The maximum atomic E-state index is 13.3. The molecule has 0 aliphatic carbocycles. The average Bonchev–Trinajstić information content (AvgIpc) is 3.18. The van der Waals surface area contributed by atoms with Crippen LogP contribution in [0.1, 0.15) is 21.6 Å². The molecule has 0 atom stereocenters. The molecular weight excluding hydrogens is 413 g/mol. The van der Waals surface area contributed by atoms with Crippen LogP contribution in [0.4, 0.5) is 4.39 Å². The third kappa shape index (κ3) is 4.46. The van der Waals surface area contributed by atoms with Crippen LogP contribution in [0.2, 0.25) is 0 Å². The van der Waals surface area contributed by atoms with Gasteiger partial charge in [0.15, 0.2) is 0 Å². The van der Waals surface area contributed by atoms with Crippen LogP contribution in [-0.4, -0.2) is 45.4 Å². The summed E-state index contributed by atoms with van der Waals surface area (Å²) in [5.41, 5.74) is 2.89. The molecule has 1 N–H and O–H groups in total. The smallest absolute Gasteiger partial charge is 0.259 e. The van der Waals surface area contributed by atoms with E-state index in [9.17, 15) is 14.0 Å². The lowest BCUT2D eigenvalue weighted by molar-refractivity contribution is -0.129. The van der Waals surface area contributed by atoms with Crippen LogP contribution >= 0.6 is 0 Å². The molecule has 8 nitrogen and oxygen atoms in total. The number of hydrogen-bond donors (Lipinski definition) is 1. The van der Waals surface area contributed by atoms with E-state index in [1.807, 2.05) is 6.07 Å². The Hall–Kier alpha value is -4.14. The van der Waals surface area contributed by atoms with E-state index < -0.39 is 5.91 Å². The minimum Gasteiger partial charge on any atom is -0.343 e. The number of benzene rings is 1. The van der Waals surface area contributed by atoms with Gasteiger partial charge in [0.2, 0.25) is 5.91 Å². The summed E-state index contributed by atoms with van der Waals surface area (Å²) < 4.78 is 18.6. The quantitative estimate of drug-likeness (QED) is 0.501. The summed E-state index contributed by atoms with van der Waals surface area (Å²) in [6.07, 6.45) is 3.34. The molecule has 0 saturated carbocycles. The van der Waals surface area contributed by atoms with Crippen molar-refractivity contribution in [2.45, 2.75) is 13.5 Å². The summed E-state index contributed by atoms with van der Waals surface area (Å²) in [6.45, 7) is 1.89. The Labute approximate surface area is 183 Å². The monoisotopic (exact) mass is 433 g/mol. The molecule has 2 amide bonds. The number of pyridine rings is 2. The Bertz CT molecular complexity index is 1270. The summed E-state index contributed by atoms with van der Waals surface area (Å²) in [5.74, 6) is -1.10. The van der Waals surface area contributed by atoms with Crippen LogP contribution in [-0.2, 0) is 11.3 Å². The maximum Gasteiger partial charge on any atom is 0.259 e. The van der Waals surface area contributed by atoms with Gasteiger partial charge in [-0.05, 0) is 48.9 Å². The summed E-state index contributed by atoms with van der Waals surface area (Å²) in [7, 11) is 1.66. The SMILES string of the molecule is Cc1noc2nc(-c3ccc(F)cc3)cc(C(=O)NCC(=O)N(C)Cc3cccnc3)c12. The largest absolute Gasteiger partial charge is 0.343 e. The second kappa shape index (κ2) is 8.93. The van der Waals surface area contributed by atoms with Crippen LogP contribution in [0, 0.1) is 12.7 Å². The van der Waals surface area contributed by atoms with Crippen molar-refractivity contribution in [3.8, 4) is 11.3 Å². The van der Waals surface area contributed by atoms with Gasteiger partial charge in [-0.3, -0.25) is 14.6 Å². The first-order valence-corrected chi connectivity index (χ1v) is 9.86. The van der Waals surface area contributed by atoms with E-state index >= 15 is 0 Å². The van der Waals surface area contributed by atoms with Gasteiger partial charge < -0.3 is 14.7 Å². The number of halogens is 1. The standard InChI is InChI=1S/C23H20FN5O3/c1-14-21-18(10-19(27-23(21)32-28-14)16-5-7-17(24)8-6-16)22(31)26-12-20(30)29(2)13-15-4-3-9-25-11-15/h3-11H,12-13H2,1-2H3,(H,26,31). The van der Waals surface area contributed by atoms with Gasteiger partial charge in [0.25, 0.3) is 11.6 Å². The highest BCUT2D eigenvalue weighted by atomic mass is 19.1. The summed E-state index contributed by atoms with van der Waals surface area (Å²) in [6, 6.07) is 11.0. The molecule has 3 aromatic heterocycles. The Balaban J connectivity index is 1.54. The maximum absolute atomic E-state index is 13.3. The van der Waals surface area contributed by atoms with Crippen LogP contribution in [0.3, 0.4) is 0 Å². The number of likely N-dealkylation sites (N-methyl/N-ethyl adjacent to an activating group) is 1. The summed E-state index contributed by atoms with van der Waals surface area (Å²) in [4.78, 5) is 35.4. The number of aromatic nitrogens is 3. The Morgan fingerprint density at radius 3 is 2.69 bits per heavy atom. The average molecular weight is 433 g/mol. The lowest BCUT2D eigenvalue weighted by atomic mass is 10.1. The van der Waals surface area contributed by atoms with E-state index in [0.717, 1.165) is 5.56 Å². The van der Waals surface area contributed by atoms with Gasteiger partial charge in [-0.25, -0.2) is 9.37 Å².